The summed E-state index contributed by atoms with van der Waals surface area (Å²) in [6, 6.07) is 29.3. The number of esters is 1. The Morgan fingerprint density at radius 1 is 0.839 bits per heavy atom. The van der Waals surface area contributed by atoms with E-state index in [-0.39, 0.29) is 5.92 Å². The molecule has 1 heterocycles. The van der Waals surface area contributed by atoms with Crippen LogP contribution in [-0.2, 0) is 25.6 Å². The van der Waals surface area contributed by atoms with Crippen LogP contribution in [0.5, 0.6) is 0 Å². The van der Waals surface area contributed by atoms with E-state index in [0.29, 0.717) is 13.2 Å². The zero-order valence-corrected chi connectivity index (χ0v) is 17.3. The van der Waals surface area contributed by atoms with E-state index in [2.05, 4.69) is 6.58 Å². The first-order valence-corrected chi connectivity index (χ1v) is 10.5. The molecule has 4 heteroatoms. The number of hydrogen-bond donors (Lipinski definition) is 0. The van der Waals surface area contributed by atoms with Gasteiger partial charge in [0.05, 0.1) is 13.2 Å². The first kappa shape index (κ1) is 21.0. The summed E-state index contributed by atoms with van der Waals surface area (Å²) in [6.07, 6.45) is -0.0858. The van der Waals surface area contributed by atoms with Crippen LogP contribution in [-0.4, -0.2) is 18.7 Å². The lowest BCUT2D eigenvalue weighted by Crippen LogP contribution is -2.40. The van der Waals surface area contributed by atoms with Gasteiger partial charge in [0, 0.05) is 5.92 Å². The Morgan fingerprint density at radius 3 is 1.97 bits per heavy atom. The van der Waals surface area contributed by atoms with Crippen LogP contribution in [0.15, 0.2) is 104 Å². The maximum atomic E-state index is 13.3. The summed E-state index contributed by atoms with van der Waals surface area (Å²) in [5, 5.41) is 0. The summed E-state index contributed by atoms with van der Waals surface area (Å²) in [7, 11) is 0. The van der Waals surface area contributed by atoms with E-state index >= 15 is 0 Å². The van der Waals surface area contributed by atoms with E-state index in [1.165, 1.54) is 0 Å². The van der Waals surface area contributed by atoms with Gasteiger partial charge in [0.15, 0.2) is 12.2 Å². The maximum absolute atomic E-state index is 13.3. The van der Waals surface area contributed by atoms with E-state index in [4.69, 9.17) is 14.2 Å². The van der Waals surface area contributed by atoms with Crippen LogP contribution in [0.4, 0.5) is 0 Å². The molecule has 0 unspecified atom stereocenters. The van der Waals surface area contributed by atoms with Gasteiger partial charge in [0.2, 0.25) is 0 Å². The smallest absolute Gasteiger partial charge is 0.336 e. The lowest BCUT2D eigenvalue weighted by atomic mass is 9.95. The van der Waals surface area contributed by atoms with E-state index in [1.54, 1.807) is 6.08 Å². The third-order valence-corrected chi connectivity index (χ3v) is 5.44. The van der Waals surface area contributed by atoms with Gasteiger partial charge in [-0.3, -0.25) is 0 Å². The number of cyclic esters (lactones) is 1. The summed E-state index contributed by atoms with van der Waals surface area (Å²) < 4.78 is 18.4. The van der Waals surface area contributed by atoms with E-state index in [0.717, 1.165) is 16.7 Å². The highest BCUT2D eigenvalue weighted by Gasteiger charge is 2.38. The fourth-order valence-electron chi connectivity index (χ4n) is 3.76. The van der Waals surface area contributed by atoms with Crippen molar-refractivity contribution in [1.29, 1.82) is 0 Å². The molecule has 0 aliphatic carbocycles. The molecule has 0 spiro atoms. The molecule has 1 fully saturated rings. The van der Waals surface area contributed by atoms with Crippen molar-refractivity contribution in [2.75, 3.05) is 6.61 Å². The minimum Gasteiger partial charge on any atom is -0.452 e. The molecule has 0 aromatic heterocycles. The number of carbonyl (C=O) groups is 1. The molecule has 3 aromatic rings. The van der Waals surface area contributed by atoms with Crippen molar-refractivity contribution >= 4 is 5.97 Å². The highest BCUT2D eigenvalue weighted by Crippen LogP contribution is 2.38. The zero-order chi connectivity index (χ0) is 21.5. The second-order valence-electron chi connectivity index (χ2n) is 7.55. The molecule has 0 saturated carbocycles. The molecule has 0 amide bonds. The van der Waals surface area contributed by atoms with Crippen LogP contribution >= 0.6 is 0 Å². The van der Waals surface area contributed by atoms with Crippen molar-refractivity contribution in [3.05, 3.63) is 120 Å². The third kappa shape index (κ3) is 5.10. The molecule has 4 rings (SSSR count). The molecule has 4 nitrogen and oxygen atoms in total. The van der Waals surface area contributed by atoms with Crippen LogP contribution in [0.3, 0.4) is 0 Å². The molecule has 0 N–H and O–H groups in total. The molecule has 1 aliphatic heterocycles. The Morgan fingerprint density at radius 2 is 1.39 bits per heavy atom. The zero-order valence-electron chi connectivity index (χ0n) is 17.3. The van der Waals surface area contributed by atoms with Gasteiger partial charge in [-0.05, 0) is 16.7 Å². The van der Waals surface area contributed by atoms with Gasteiger partial charge in [0.1, 0.15) is 6.10 Å². The largest absolute Gasteiger partial charge is 0.452 e. The number of rotatable bonds is 6. The van der Waals surface area contributed by atoms with Crippen molar-refractivity contribution in [1.82, 2.24) is 0 Å². The Labute approximate surface area is 183 Å². The SMILES string of the molecule is C=C[C@@H]1CO[C@H](c2ccccc2)[C@@H](c2ccccc2)OC(=O)[C@H]1OCc1ccccc1. The topological polar surface area (TPSA) is 44.8 Å². The lowest BCUT2D eigenvalue weighted by Gasteiger charge is -2.35. The Kier molecular flexibility index (Phi) is 6.92. The molecule has 4 atom stereocenters. The van der Waals surface area contributed by atoms with Gasteiger partial charge in [-0.2, -0.15) is 0 Å². The van der Waals surface area contributed by atoms with Crippen molar-refractivity contribution in [3.63, 3.8) is 0 Å². The molecule has 158 valence electrons. The summed E-state index contributed by atoms with van der Waals surface area (Å²) in [5.41, 5.74) is 2.82. The van der Waals surface area contributed by atoms with E-state index in [9.17, 15) is 4.79 Å². The van der Waals surface area contributed by atoms with Gasteiger partial charge in [-0.1, -0.05) is 97.1 Å². The molecular weight excluding hydrogens is 388 g/mol. The van der Waals surface area contributed by atoms with Gasteiger partial charge in [0.25, 0.3) is 0 Å². The summed E-state index contributed by atoms with van der Waals surface area (Å²) in [4.78, 5) is 13.3. The molecule has 1 saturated heterocycles. The normalized spacial score (nSPS) is 23.9. The molecule has 0 bridgehead atoms. The second kappa shape index (κ2) is 10.2. The fraction of sp³-hybridized carbons (Fsp3) is 0.222. The molecule has 0 radical (unpaired) electrons. The summed E-state index contributed by atoms with van der Waals surface area (Å²) >= 11 is 0. The molecular formula is C27H26O4. The fourth-order valence-corrected chi connectivity index (χ4v) is 3.76. The Bertz CT molecular complexity index is 972. The number of ether oxygens (including phenoxy) is 3. The highest BCUT2D eigenvalue weighted by molar-refractivity contribution is 5.76. The first-order valence-electron chi connectivity index (χ1n) is 10.5. The van der Waals surface area contributed by atoms with Crippen molar-refractivity contribution in [2.24, 2.45) is 5.92 Å². The van der Waals surface area contributed by atoms with Crippen LogP contribution in [0.2, 0.25) is 0 Å². The third-order valence-electron chi connectivity index (χ3n) is 5.44. The highest BCUT2D eigenvalue weighted by atomic mass is 16.6. The maximum Gasteiger partial charge on any atom is 0.336 e. The monoisotopic (exact) mass is 414 g/mol. The van der Waals surface area contributed by atoms with Gasteiger partial charge in [-0.25, -0.2) is 4.79 Å². The van der Waals surface area contributed by atoms with E-state index in [1.807, 2.05) is 91.0 Å². The Balaban J connectivity index is 1.62. The predicted octanol–water partition coefficient (Wildman–Crippen LogP) is 5.43. The minimum atomic E-state index is -0.791. The number of carbonyl (C=O) groups excluding carboxylic acids is 1. The lowest BCUT2D eigenvalue weighted by molar-refractivity contribution is -0.188. The van der Waals surface area contributed by atoms with Crippen LogP contribution in [0, 0.1) is 5.92 Å². The number of hydrogen-bond acceptors (Lipinski definition) is 4. The van der Waals surface area contributed by atoms with Crippen LogP contribution in [0.1, 0.15) is 28.9 Å². The van der Waals surface area contributed by atoms with Crippen LogP contribution < -0.4 is 0 Å². The van der Waals surface area contributed by atoms with Gasteiger partial charge in [-0.15, -0.1) is 6.58 Å². The predicted molar refractivity (Wildman–Crippen MR) is 119 cm³/mol. The average molecular weight is 415 g/mol. The summed E-state index contributed by atoms with van der Waals surface area (Å²) in [5.74, 6) is -0.724. The van der Waals surface area contributed by atoms with Crippen molar-refractivity contribution in [2.45, 2.75) is 24.9 Å². The van der Waals surface area contributed by atoms with Crippen molar-refractivity contribution < 1.29 is 19.0 Å². The first-order chi connectivity index (χ1) is 15.3. The van der Waals surface area contributed by atoms with Crippen molar-refractivity contribution in [3.8, 4) is 0 Å². The quantitative estimate of drug-likeness (QED) is 0.399. The molecule has 31 heavy (non-hydrogen) atoms. The minimum absolute atomic E-state index is 0.306. The summed E-state index contributed by atoms with van der Waals surface area (Å²) in [6.45, 7) is 4.52. The molecule has 3 aromatic carbocycles. The van der Waals surface area contributed by atoms with Crippen LogP contribution in [0.25, 0.3) is 0 Å². The molecule has 1 aliphatic rings. The standard InChI is InChI=1S/C27H26O4/c1-2-21-19-30-24(22-14-8-4-9-15-22)25(23-16-10-5-11-17-23)31-27(28)26(21)29-18-20-12-6-3-7-13-20/h2-17,21,24-26H,1,18-19H2/t21-,24-,25-,26+/m1/s1. The van der Waals surface area contributed by atoms with E-state index < -0.39 is 24.3 Å². The second-order valence-corrected chi connectivity index (χ2v) is 7.55. The van der Waals surface area contributed by atoms with Gasteiger partial charge < -0.3 is 14.2 Å². The number of benzene rings is 3. The Hall–Kier alpha value is -3.21. The van der Waals surface area contributed by atoms with Gasteiger partial charge >= 0.3 is 5.97 Å². The average Bonchev–Trinajstić information content (AvgIpc) is 2.83.